The molecule has 1 amide bonds. The molecule has 1 aromatic carbocycles. The van der Waals surface area contributed by atoms with Gasteiger partial charge in [-0.05, 0) is 31.2 Å². The molecule has 0 spiro atoms. The monoisotopic (exact) mass is 296 g/mol. The van der Waals surface area contributed by atoms with Gasteiger partial charge in [-0.2, -0.15) is 0 Å². The number of carbonyl (C=O) groups excluding carboxylic acids is 1. The fourth-order valence-electron chi connectivity index (χ4n) is 2.66. The van der Waals surface area contributed by atoms with Gasteiger partial charge >= 0.3 is 0 Å². The molecular formula is C14H17ClN2O3. The van der Waals surface area contributed by atoms with Crippen LogP contribution in [-0.2, 0) is 4.79 Å². The highest BCUT2D eigenvalue weighted by atomic mass is 35.5. The summed E-state index contributed by atoms with van der Waals surface area (Å²) < 4.78 is 0. The molecule has 1 aliphatic carbocycles. The molecule has 1 saturated carbocycles. The van der Waals surface area contributed by atoms with Crippen molar-refractivity contribution in [3.05, 3.63) is 32.8 Å². The molecule has 1 aliphatic rings. The zero-order valence-electron chi connectivity index (χ0n) is 11.3. The van der Waals surface area contributed by atoms with Gasteiger partial charge in [0.1, 0.15) is 0 Å². The highest BCUT2D eigenvalue weighted by molar-refractivity contribution is 6.34. The lowest BCUT2D eigenvalue weighted by molar-refractivity contribution is -0.384. The molecular weight excluding hydrogens is 280 g/mol. The van der Waals surface area contributed by atoms with Crippen LogP contribution in [0.25, 0.3) is 0 Å². The summed E-state index contributed by atoms with van der Waals surface area (Å²) in [6, 6.07) is 2.68. The average Bonchev–Trinajstić information content (AvgIpc) is 2.86. The number of nitrogens with zero attached hydrogens (tertiary/aromatic N) is 1. The topological polar surface area (TPSA) is 72.2 Å². The molecule has 20 heavy (non-hydrogen) atoms. The minimum atomic E-state index is -0.497. The minimum absolute atomic E-state index is 0.0682. The van der Waals surface area contributed by atoms with Crippen LogP contribution in [0.15, 0.2) is 12.1 Å². The van der Waals surface area contributed by atoms with Crippen molar-refractivity contribution in [2.75, 3.05) is 5.32 Å². The highest BCUT2D eigenvalue weighted by Gasteiger charge is 2.20. The van der Waals surface area contributed by atoms with Gasteiger partial charge in [0.05, 0.1) is 15.6 Å². The van der Waals surface area contributed by atoms with E-state index < -0.39 is 4.92 Å². The van der Waals surface area contributed by atoms with E-state index in [0.717, 1.165) is 12.8 Å². The molecule has 0 unspecified atom stereocenters. The molecule has 0 radical (unpaired) electrons. The summed E-state index contributed by atoms with van der Waals surface area (Å²) in [6.07, 6.45) is 5.07. The molecule has 5 nitrogen and oxygen atoms in total. The summed E-state index contributed by atoms with van der Waals surface area (Å²) >= 11 is 6.02. The first-order valence-electron chi connectivity index (χ1n) is 6.71. The maximum absolute atomic E-state index is 12.0. The predicted octanol–water partition coefficient (Wildman–Crippen LogP) is 4.08. The lowest BCUT2D eigenvalue weighted by atomic mass is 10.0. The van der Waals surface area contributed by atoms with Crippen molar-refractivity contribution in [1.82, 2.24) is 0 Å². The summed E-state index contributed by atoms with van der Waals surface area (Å²) in [4.78, 5) is 22.2. The van der Waals surface area contributed by atoms with Gasteiger partial charge in [-0.25, -0.2) is 0 Å². The van der Waals surface area contributed by atoms with Crippen LogP contribution in [0.5, 0.6) is 0 Å². The van der Waals surface area contributed by atoms with Gasteiger partial charge in [0.25, 0.3) is 5.69 Å². The lowest BCUT2D eigenvalue weighted by Crippen LogP contribution is -2.16. The van der Waals surface area contributed by atoms with E-state index in [1.807, 2.05) is 0 Å². The van der Waals surface area contributed by atoms with Gasteiger partial charge in [0, 0.05) is 18.6 Å². The number of hydrogen-bond donors (Lipinski definition) is 1. The van der Waals surface area contributed by atoms with Crippen molar-refractivity contribution in [2.24, 2.45) is 5.92 Å². The summed E-state index contributed by atoms with van der Waals surface area (Å²) in [5.74, 6) is 0.378. The zero-order valence-corrected chi connectivity index (χ0v) is 12.1. The Balaban J connectivity index is 2.08. The van der Waals surface area contributed by atoms with E-state index in [9.17, 15) is 14.9 Å². The van der Waals surface area contributed by atoms with Crippen LogP contribution in [0, 0.1) is 23.0 Å². The summed E-state index contributed by atoms with van der Waals surface area (Å²) in [6.45, 7) is 1.70. The zero-order chi connectivity index (χ0) is 14.7. The van der Waals surface area contributed by atoms with Crippen molar-refractivity contribution in [3.63, 3.8) is 0 Å². The summed E-state index contributed by atoms with van der Waals surface area (Å²) in [5, 5.41) is 13.7. The van der Waals surface area contributed by atoms with Crippen molar-refractivity contribution in [2.45, 2.75) is 39.0 Å². The number of rotatable bonds is 4. The van der Waals surface area contributed by atoms with E-state index in [0.29, 0.717) is 23.6 Å². The minimum Gasteiger partial charge on any atom is -0.325 e. The maximum atomic E-state index is 12.0. The van der Waals surface area contributed by atoms with Crippen molar-refractivity contribution in [1.29, 1.82) is 0 Å². The number of carbonyl (C=O) groups is 1. The second-order valence-corrected chi connectivity index (χ2v) is 5.69. The number of hydrogen-bond acceptors (Lipinski definition) is 3. The van der Waals surface area contributed by atoms with Crippen molar-refractivity contribution >= 4 is 28.9 Å². The van der Waals surface area contributed by atoms with Gasteiger partial charge in [0.2, 0.25) is 5.91 Å². The molecule has 0 aliphatic heterocycles. The van der Waals surface area contributed by atoms with Crippen LogP contribution < -0.4 is 5.32 Å². The standard InChI is InChI=1S/C14H17ClN2O3/c1-9-6-11(17(19)20)8-12(15)14(9)16-13(18)7-10-4-2-3-5-10/h6,8,10H,2-5,7H2,1H3,(H,16,18). The number of aryl methyl sites for hydroxylation is 1. The van der Waals surface area contributed by atoms with E-state index in [2.05, 4.69) is 5.32 Å². The Kier molecular flexibility index (Phi) is 4.60. The first-order valence-corrected chi connectivity index (χ1v) is 7.09. The molecule has 0 aromatic heterocycles. The Morgan fingerprint density at radius 3 is 2.65 bits per heavy atom. The molecule has 0 heterocycles. The Morgan fingerprint density at radius 2 is 2.10 bits per heavy atom. The SMILES string of the molecule is Cc1cc([N+](=O)[O-])cc(Cl)c1NC(=O)CC1CCCC1. The van der Waals surface area contributed by atoms with Crippen LogP contribution >= 0.6 is 11.6 Å². The van der Waals surface area contributed by atoms with E-state index in [1.165, 1.54) is 25.0 Å². The third kappa shape index (κ3) is 3.48. The number of nitro groups is 1. The number of anilines is 1. The Hall–Kier alpha value is -1.62. The van der Waals surface area contributed by atoms with Crippen LogP contribution in [0.3, 0.4) is 0 Å². The highest BCUT2D eigenvalue weighted by Crippen LogP contribution is 2.32. The van der Waals surface area contributed by atoms with E-state index in [1.54, 1.807) is 6.92 Å². The lowest BCUT2D eigenvalue weighted by Gasteiger charge is -2.12. The number of non-ortho nitro benzene ring substituents is 1. The Labute approximate surface area is 122 Å². The molecule has 0 atom stereocenters. The molecule has 1 aromatic rings. The van der Waals surface area contributed by atoms with E-state index >= 15 is 0 Å². The second kappa shape index (κ2) is 6.22. The molecule has 6 heteroatoms. The third-order valence-electron chi connectivity index (χ3n) is 3.70. The van der Waals surface area contributed by atoms with E-state index in [4.69, 9.17) is 11.6 Å². The largest absolute Gasteiger partial charge is 0.325 e. The second-order valence-electron chi connectivity index (χ2n) is 5.28. The maximum Gasteiger partial charge on any atom is 0.271 e. The number of nitro benzene ring substituents is 1. The Bertz CT molecular complexity index is 516. The first kappa shape index (κ1) is 14.8. The molecule has 0 saturated heterocycles. The summed E-state index contributed by atoms with van der Waals surface area (Å²) in [5.41, 5.74) is 1.01. The normalized spacial score (nSPS) is 15.3. The number of nitrogens with one attached hydrogen (secondary N) is 1. The van der Waals surface area contributed by atoms with Crippen LogP contribution in [-0.4, -0.2) is 10.8 Å². The smallest absolute Gasteiger partial charge is 0.271 e. The van der Waals surface area contributed by atoms with Crippen molar-refractivity contribution < 1.29 is 9.72 Å². The van der Waals surface area contributed by atoms with Gasteiger partial charge < -0.3 is 5.32 Å². The molecule has 0 bridgehead atoms. The first-order chi connectivity index (χ1) is 9.47. The van der Waals surface area contributed by atoms with Gasteiger partial charge in [-0.3, -0.25) is 14.9 Å². The summed E-state index contributed by atoms with van der Waals surface area (Å²) in [7, 11) is 0. The van der Waals surface area contributed by atoms with Gasteiger partial charge in [0.15, 0.2) is 0 Å². The fourth-order valence-corrected chi connectivity index (χ4v) is 2.96. The molecule has 2 rings (SSSR count). The van der Waals surface area contributed by atoms with Gasteiger partial charge in [-0.15, -0.1) is 0 Å². The van der Waals surface area contributed by atoms with Crippen LogP contribution in [0.2, 0.25) is 5.02 Å². The predicted molar refractivity (Wildman–Crippen MR) is 78.0 cm³/mol. The number of amides is 1. The van der Waals surface area contributed by atoms with Crippen LogP contribution in [0.1, 0.15) is 37.7 Å². The van der Waals surface area contributed by atoms with Crippen LogP contribution in [0.4, 0.5) is 11.4 Å². The Morgan fingerprint density at radius 1 is 1.45 bits per heavy atom. The molecule has 1 fully saturated rings. The number of benzene rings is 1. The quantitative estimate of drug-likeness (QED) is 0.672. The number of halogens is 1. The molecule has 108 valence electrons. The van der Waals surface area contributed by atoms with Gasteiger partial charge in [-0.1, -0.05) is 24.4 Å². The van der Waals surface area contributed by atoms with E-state index in [-0.39, 0.29) is 16.6 Å². The molecule has 1 N–H and O–H groups in total. The average molecular weight is 297 g/mol. The van der Waals surface area contributed by atoms with Crippen molar-refractivity contribution in [3.8, 4) is 0 Å². The fraction of sp³-hybridized carbons (Fsp3) is 0.500. The third-order valence-corrected chi connectivity index (χ3v) is 3.99.